The van der Waals surface area contributed by atoms with Crippen molar-refractivity contribution in [3.05, 3.63) is 59.9 Å². The number of nitrogens with zero attached hydrogens (tertiary/aromatic N) is 3. The lowest BCUT2D eigenvalue weighted by Gasteiger charge is -2.23. The molecule has 2 aromatic carbocycles. The van der Waals surface area contributed by atoms with Gasteiger partial charge < -0.3 is 19.9 Å². The molecule has 1 heterocycles. The molecule has 1 aromatic heterocycles. The molecular weight excluding hydrogens is 362 g/mol. The first-order chi connectivity index (χ1) is 13.9. The molecule has 3 rings (SSSR count). The van der Waals surface area contributed by atoms with Crippen molar-refractivity contribution < 1.29 is 4.74 Å². The van der Waals surface area contributed by atoms with E-state index in [1.165, 1.54) is 0 Å². The monoisotopic (exact) mass is 393 g/mol. The summed E-state index contributed by atoms with van der Waals surface area (Å²) < 4.78 is 8.19. The van der Waals surface area contributed by atoms with Crippen LogP contribution in [0.4, 0.5) is 0 Å². The molecule has 29 heavy (non-hydrogen) atoms. The first kappa shape index (κ1) is 20.7. The third-order valence-electron chi connectivity index (χ3n) is 4.43. The molecule has 0 fully saturated rings. The van der Waals surface area contributed by atoms with Crippen molar-refractivity contribution in [3.8, 4) is 5.75 Å². The molecule has 0 radical (unpaired) electrons. The lowest BCUT2D eigenvalue weighted by Crippen LogP contribution is -2.37. The fourth-order valence-electron chi connectivity index (χ4n) is 3.09. The highest BCUT2D eigenvalue weighted by atomic mass is 16.5. The Labute approximate surface area is 173 Å². The van der Waals surface area contributed by atoms with Gasteiger partial charge in [0.1, 0.15) is 17.2 Å². The number of aryl methyl sites for hydroxylation is 1. The Morgan fingerprint density at radius 1 is 1.07 bits per heavy atom. The smallest absolute Gasteiger partial charge is 0.191 e. The summed E-state index contributed by atoms with van der Waals surface area (Å²) in [4.78, 5) is 9.47. The summed E-state index contributed by atoms with van der Waals surface area (Å²) in [6, 6.07) is 16.2. The van der Waals surface area contributed by atoms with Gasteiger partial charge in [0, 0.05) is 19.2 Å². The highest BCUT2D eigenvalue weighted by molar-refractivity contribution is 5.80. The fraction of sp³-hybridized carbons (Fsp3) is 0.391. The summed E-state index contributed by atoms with van der Waals surface area (Å²) in [6.45, 7) is 10.1. The van der Waals surface area contributed by atoms with Crippen LogP contribution < -0.4 is 15.4 Å². The molecule has 0 aliphatic rings. The second kappa shape index (κ2) is 8.99. The van der Waals surface area contributed by atoms with Crippen LogP contribution in [0.25, 0.3) is 11.0 Å². The van der Waals surface area contributed by atoms with Crippen LogP contribution in [0.15, 0.2) is 53.5 Å². The number of guanidine groups is 1. The van der Waals surface area contributed by atoms with Gasteiger partial charge in [0.15, 0.2) is 5.96 Å². The average molecular weight is 394 g/mol. The lowest BCUT2D eigenvalue weighted by atomic mass is 10.1. The molecular formula is C23H31N5O. The van der Waals surface area contributed by atoms with Crippen LogP contribution in [0, 0.1) is 0 Å². The predicted molar refractivity (Wildman–Crippen MR) is 119 cm³/mol. The van der Waals surface area contributed by atoms with E-state index in [2.05, 4.69) is 55.0 Å². The van der Waals surface area contributed by atoms with E-state index in [1.807, 2.05) is 43.4 Å². The van der Waals surface area contributed by atoms with Gasteiger partial charge >= 0.3 is 0 Å². The van der Waals surface area contributed by atoms with Gasteiger partial charge in [-0.05, 0) is 45.9 Å². The minimum atomic E-state index is -0.247. The lowest BCUT2D eigenvalue weighted by molar-refractivity contribution is 0.129. The number of aromatic nitrogens is 2. The molecule has 0 atom stereocenters. The van der Waals surface area contributed by atoms with E-state index in [-0.39, 0.29) is 5.60 Å². The largest absolute Gasteiger partial charge is 0.488 e. The molecule has 0 saturated heterocycles. The Bertz CT molecular complexity index is 984. The van der Waals surface area contributed by atoms with E-state index in [0.717, 1.165) is 40.7 Å². The first-order valence-corrected chi connectivity index (χ1v) is 10.1. The third-order valence-corrected chi connectivity index (χ3v) is 4.43. The minimum Gasteiger partial charge on any atom is -0.488 e. The third kappa shape index (κ3) is 5.50. The maximum atomic E-state index is 6.08. The number of imidazole rings is 1. The van der Waals surface area contributed by atoms with Crippen molar-refractivity contribution in [2.75, 3.05) is 6.54 Å². The van der Waals surface area contributed by atoms with E-state index in [4.69, 9.17) is 14.7 Å². The maximum absolute atomic E-state index is 6.08. The van der Waals surface area contributed by atoms with E-state index < -0.39 is 0 Å². The Morgan fingerprint density at radius 2 is 1.79 bits per heavy atom. The molecule has 6 heteroatoms. The van der Waals surface area contributed by atoms with Crippen molar-refractivity contribution >= 4 is 17.0 Å². The van der Waals surface area contributed by atoms with Gasteiger partial charge in [0.25, 0.3) is 0 Å². The van der Waals surface area contributed by atoms with Gasteiger partial charge in [-0.3, -0.25) is 0 Å². The zero-order chi connectivity index (χ0) is 20.9. The van der Waals surface area contributed by atoms with Crippen molar-refractivity contribution in [2.24, 2.45) is 12.0 Å². The van der Waals surface area contributed by atoms with Crippen molar-refractivity contribution in [1.82, 2.24) is 20.2 Å². The second-order valence-corrected chi connectivity index (χ2v) is 7.95. The van der Waals surface area contributed by atoms with Gasteiger partial charge in [-0.15, -0.1) is 0 Å². The predicted octanol–water partition coefficient (Wildman–Crippen LogP) is 4.01. The van der Waals surface area contributed by atoms with Crippen LogP contribution in [0.3, 0.4) is 0 Å². The van der Waals surface area contributed by atoms with E-state index in [9.17, 15) is 0 Å². The maximum Gasteiger partial charge on any atom is 0.191 e. The highest BCUT2D eigenvalue weighted by Gasteiger charge is 2.14. The Balaban J connectivity index is 1.73. The number of para-hydroxylation sites is 3. The number of benzene rings is 2. The van der Waals surface area contributed by atoms with Crippen molar-refractivity contribution in [3.63, 3.8) is 0 Å². The fourth-order valence-corrected chi connectivity index (χ4v) is 3.09. The van der Waals surface area contributed by atoms with Gasteiger partial charge in [-0.1, -0.05) is 30.3 Å². The van der Waals surface area contributed by atoms with Crippen LogP contribution in [-0.2, 0) is 20.1 Å². The van der Waals surface area contributed by atoms with Crippen LogP contribution in [0.2, 0.25) is 0 Å². The summed E-state index contributed by atoms with van der Waals surface area (Å²) in [5, 5.41) is 6.70. The van der Waals surface area contributed by atoms with Crippen LogP contribution in [0.1, 0.15) is 39.1 Å². The number of nitrogens with one attached hydrogen (secondary N) is 2. The number of ether oxygens (including phenoxy) is 1. The van der Waals surface area contributed by atoms with Crippen LogP contribution in [0.5, 0.6) is 5.75 Å². The quantitative estimate of drug-likeness (QED) is 0.491. The Hall–Kier alpha value is -3.02. The summed E-state index contributed by atoms with van der Waals surface area (Å²) in [5.41, 5.74) is 2.94. The summed E-state index contributed by atoms with van der Waals surface area (Å²) in [7, 11) is 2.04. The topological polar surface area (TPSA) is 63.5 Å². The minimum absolute atomic E-state index is 0.247. The van der Waals surface area contributed by atoms with E-state index >= 15 is 0 Å². The molecule has 0 amide bonds. The summed E-state index contributed by atoms with van der Waals surface area (Å²) in [6.07, 6.45) is 0. The highest BCUT2D eigenvalue weighted by Crippen LogP contribution is 2.23. The zero-order valence-electron chi connectivity index (χ0n) is 18.0. The molecule has 0 spiro atoms. The normalized spacial score (nSPS) is 12.2. The van der Waals surface area contributed by atoms with Crippen molar-refractivity contribution in [1.29, 1.82) is 0 Å². The zero-order valence-corrected chi connectivity index (χ0v) is 18.0. The van der Waals surface area contributed by atoms with Crippen LogP contribution >= 0.6 is 0 Å². The van der Waals surface area contributed by atoms with Gasteiger partial charge in [0.05, 0.1) is 24.1 Å². The number of hydrogen-bond acceptors (Lipinski definition) is 3. The Morgan fingerprint density at radius 3 is 2.52 bits per heavy atom. The summed E-state index contributed by atoms with van der Waals surface area (Å²) >= 11 is 0. The molecule has 2 N–H and O–H groups in total. The number of aliphatic imine (C=N–C) groups is 1. The standard InChI is InChI=1S/C23H31N5O/c1-6-24-22(25-15-17-11-7-10-14-20(17)29-23(2,3)4)26-16-21-27-18-12-8-9-13-19(18)28(21)5/h7-14H,6,15-16H2,1-5H3,(H2,24,25,26). The van der Waals surface area contributed by atoms with Gasteiger partial charge in [-0.25, -0.2) is 9.98 Å². The molecule has 0 bridgehead atoms. The molecule has 0 aliphatic carbocycles. The first-order valence-electron chi connectivity index (χ1n) is 10.1. The number of fused-ring (bicyclic) bond motifs is 1. The number of rotatable bonds is 6. The molecule has 6 nitrogen and oxygen atoms in total. The number of hydrogen-bond donors (Lipinski definition) is 2. The average Bonchev–Trinajstić information content (AvgIpc) is 3.00. The molecule has 0 saturated carbocycles. The van der Waals surface area contributed by atoms with Gasteiger partial charge in [0.2, 0.25) is 0 Å². The van der Waals surface area contributed by atoms with Crippen molar-refractivity contribution in [2.45, 2.75) is 46.4 Å². The molecule has 0 unspecified atom stereocenters. The van der Waals surface area contributed by atoms with E-state index in [0.29, 0.717) is 13.1 Å². The summed E-state index contributed by atoms with van der Waals surface area (Å²) in [5.74, 6) is 2.59. The molecule has 3 aromatic rings. The molecule has 154 valence electrons. The second-order valence-electron chi connectivity index (χ2n) is 7.95. The SMILES string of the molecule is CCNC(=NCc1ccccc1OC(C)(C)C)NCc1nc2ccccc2n1C. The Kier molecular flexibility index (Phi) is 6.42. The van der Waals surface area contributed by atoms with Gasteiger partial charge in [-0.2, -0.15) is 0 Å². The van der Waals surface area contributed by atoms with E-state index in [1.54, 1.807) is 0 Å². The molecule has 0 aliphatic heterocycles. The van der Waals surface area contributed by atoms with Crippen LogP contribution in [-0.4, -0.2) is 27.7 Å².